The third kappa shape index (κ3) is 3.69. The van der Waals surface area contributed by atoms with Gasteiger partial charge in [-0.25, -0.2) is 4.98 Å². The first kappa shape index (κ1) is 16.1. The molecule has 0 bridgehead atoms. The molecule has 132 valence electrons. The normalized spacial score (nSPS) is 23.4. The predicted octanol–water partition coefficient (Wildman–Crippen LogP) is 3.37. The first-order chi connectivity index (χ1) is 12.2. The Balaban J connectivity index is 1.31. The molecule has 1 saturated heterocycles. The summed E-state index contributed by atoms with van der Waals surface area (Å²) in [4.78, 5) is 15.4. The lowest BCUT2D eigenvalue weighted by atomic mass is 10.0. The van der Waals surface area contributed by atoms with Crippen molar-refractivity contribution in [2.24, 2.45) is 5.92 Å². The maximum Gasteiger partial charge on any atom is 0.307 e. The summed E-state index contributed by atoms with van der Waals surface area (Å²) in [5.74, 6) is 1.25. The van der Waals surface area contributed by atoms with Crippen molar-refractivity contribution < 1.29 is 19.1 Å². The molecule has 6 nitrogen and oxygen atoms in total. The number of ether oxygens (including phenoxy) is 1. The molecular formula is C19H22N2O4. The van der Waals surface area contributed by atoms with E-state index in [9.17, 15) is 4.79 Å². The van der Waals surface area contributed by atoms with Gasteiger partial charge in [-0.05, 0) is 42.9 Å². The van der Waals surface area contributed by atoms with Crippen molar-refractivity contribution in [2.75, 3.05) is 18.5 Å². The lowest BCUT2D eigenvalue weighted by Crippen LogP contribution is -2.14. The van der Waals surface area contributed by atoms with E-state index in [1.54, 1.807) is 6.20 Å². The van der Waals surface area contributed by atoms with Crippen molar-refractivity contribution in [3.05, 3.63) is 47.7 Å². The molecule has 4 rings (SSSR count). The second-order valence-electron chi connectivity index (χ2n) is 6.81. The summed E-state index contributed by atoms with van der Waals surface area (Å²) < 4.78 is 11.2. The number of hydrogen-bond acceptors (Lipinski definition) is 5. The molecule has 1 saturated carbocycles. The second-order valence-corrected chi connectivity index (χ2v) is 6.81. The fraction of sp³-hybridized carbons (Fsp3) is 0.474. The van der Waals surface area contributed by atoms with Gasteiger partial charge in [-0.15, -0.1) is 0 Å². The molecule has 2 heterocycles. The third-order valence-electron chi connectivity index (χ3n) is 5.06. The largest absolute Gasteiger partial charge is 0.481 e. The quantitative estimate of drug-likeness (QED) is 0.837. The van der Waals surface area contributed by atoms with Crippen LogP contribution < -0.4 is 5.32 Å². The fourth-order valence-electron chi connectivity index (χ4n) is 3.41. The van der Waals surface area contributed by atoms with Gasteiger partial charge in [-0.1, -0.05) is 12.1 Å². The zero-order valence-electron chi connectivity index (χ0n) is 14.0. The van der Waals surface area contributed by atoms with Gasteiger partial charge >= 0.3 is 5.97 Å². The van der Waals surface area contributed by atoms with Crippen molar-refractivity contribution in [3.63, 3.8) is 0 Å². The van der Waals surface area contributed by atoms with E-state index in [4.69, 9.17) is 14.3 Å². The zero-order chi connectivity index (χ0) is 17.2. The Labute approximate surface area is 146 Å². The maximum atomic E-state index is 11.0. The second kappa shape index (κ2) is 6.88. The third-order valence-corrected chi connectivity index (χ3v) is 5.06. The van der Waals surface area contributed by atoms with Crippen LogP contribution in [0, 0.1) is 5.92 Å². The van der Waals surface area contributed by atoms with Crippen LogP contribution in [0.3, 0.4) is 0 Å². The number of aromatic nitrogens is 1. The number of anilines is 1. The number of benzene rings is 1. The van der Waals surface area contributed by atoms with Crippen LogP contribution in [-0.4, -0.2) is 29.3 Å². The molecule has 1 aromatic carbocycles. The average Bonchev–Trinajstić information content (AvgIpc) is 3.32. The van der Waals surface area contributed by atoms with Gasteiger partial charge in [0.15, 0.2) is 5.89 Å². The molecule has 2 aromatic rings. The summed E-state index contributed by atoms with van der Waals surface area (Å²) in [6.45, 7) is 2.13. The Morgan fingerprint density at radius 1 is 1.24 bits per heavy atom. The highest BCUT2D eigenvalue weighted by atomic mass is 16.5. The van der Waals surface area contributed by atoms with Crippen LogP contribution in [0.5, 0.6) is 0 Å². The standard InChI is InChI=1S/C19H22N2O4/c22-19(23)17-9-16(17)12-1-3-14(4-2-12)20-10-15-11-21-18(25-15)13-5-7-24-8-6-13/h1-4,11,13,16-17,20H,5-10H2,(H,22,23)/t16-,17+/m0/s1. The number of carbonyl (C=O) groups is 1. The van der Waals surface area contributed by atoms with Crippen molar-refractivity contribution in [3.8, 4) is 0 Å². The Hall–Kier alpha value is -2.34. The summed E-state index contributed by atoms with van der Waals surface area (Å²) in [6, 6.07) is 7.98. The van der Waals surface area contributed by atoms with E-state index in [0.29, 0.717) is 12.5 Å². The van der Waals surface area contributed by atoms with Crippen LogP contribution >= 0.6 is 0 Å². The molecule has 0 unspecified atom stereocenters. The van der Waals surface area contributed by atoms with Gasteiger partial charge in [0.2, 0.25) is 0 Å². The highest BCUT2D eigenvalue weighted by molar-refractivity contribution is 5.75. The number of aliphatic carboxylic acids is 1. The van der Waals surface area contributed by atoms with Crippen molar-refractivity contribution >= 4 is 11.7 Å². The Bertz CT molecular complexity index is 734. The molecule has 2 fully saturated rings. The molecule has 1 aliphatic carbocycles. The molecule has 0 spiro atoms. The van der Waals surface area contributed by atoms with Gasteiger partial charge in [0, 0.05) is 24.8 Å². The topological polar surface area (TPSA) is 84.6 Å². The summed E-state index contributed by atoms with van der Waals surface area (Å²) >= 11 is 0. The van der Waals surface area contributed by atoms with Crippen LogP contribution in [0.4, 0.5) is 5.69 Å². The highest BCUT2D eigenvalue weighted by Gasteiger charge is 2.43. The van der Waals surface area contributed by atoms with Crippen LogP contribution in [0.1, 0.15) is 48.3 Å². The highest BCUT2D eigenvalue weighted by Crippen LogP contribution is 2.47. The number of carboxylic acids is 1. The lowest BCUT2D eigenvalue weighted by Gasteiger charge is -2.18. The van der Waals surface area contributed by atoms with Gasteiger partial charge < -0.3 is 19.6 Å². The van der Waals surface area contributed by atoms with Gasteiger partial charge in [0.05, 0.1) is 18.7 Å². The smallest absolute Gasteiger partial charge is 0.307 e. The molecule has 1 aliphatic heterocycles. The summed E-state index contributed by atoms with van der Waals surface area (Å²) in [5.41, 5.74) is 2.08. The minimum absolute atomic E-state index is 0.169. The minimum atomic E-state index is -0.696. The lowest BCUT2D eigenvalue weighted by molar-refractivity contribution is -0.138. The molecule has 25 heavy (non-hydrogen) atoms. The van der Waals surface area contributed by atoms with Crippen LogP contribution in [0.2, 0.25) is 0 Å². The van der Waals surface area contributed by atoms with E-state index in [1.165, 1.54) is 0 Å². The average molecular weight is 342 g/mol. The first-order valence-corrected chi connectivity index (χ1v) is 8.79. The molecule has 6 heteroatoms. The van der Waals surface area contributed by atoms with E-state index < -0.39 is 5.97 Å². The van der Waals surface area contributed by atoms with E-state index >= 15 is 0 Å². The van der Waals surface area contributed by atoms with Crippen LogP contribution in [-0.2, 0) is 16.1 Å². The van der Waals surface area contributed by atoms with Gasteiger partial charge in [-0.2, -0.15) is 0 Å². The number of hydrogen-bond donors (Lipinski definition) is 2. The van der Waals surface area contributed by atoms with Gasteiger partial charge in [0.1, 0.15) is 5.76 Å². The van der Waals surface area contributed by atoms with E-state index in [1.807, 2.05) is 24.3 Å². The first-order valence-electron chi connectivity index (χ1n) is 8.79. The van der Waals surface area contributed by atoms with E-state index in [0.717, 1.165) is 55.4 Å². The zero-order valence-corrected chi connectivity index (χ0v) is 14.0. The molecule has 2 aliphatic rings. The Morgan fingerprint density at radius 3 is 2.68 bits per heavy atom. The van der Waals surface area contributed by atoms with Gasteiger partial charge in [-0.3, -0.25) is 4.79 Å². The Morgan fingerprint density at radius 2 is 2.00 bits per heavy atom. The van der Waals surface area contributed by atoms with Crippen LogP contribution in [0.15, 0.2) is 34.9 Å². The SMILES string of the molecule is O=C(O)[C@@H]1C[C@H]1c1ccc(NCc2cnc(C3CCOCC3)o2)cc1. The summed E-state index contributed by atoms with van der Waals surface area (Å²) in [7, 11) is 0. The molecule has 0 radical (unpaired) electrons. The molecule has 0 amide bonds. The monoisotopic (exact) mass is 342 g/mol. The molecule has 2 atom stereocenters. The van der Waals surface area contributed by atoms with Gasteiger partial charge in [0.25, 0.3) is 0 Å². The van der Waals surface area contributed by atoms with E-state index in [2.05, 4.69) is 10.3 Å². The maximum absolute atomic E-state index is 11.0. The van der Waals surface area contributed by atoms with E-state index in [-0.39, 0.29) is 11.8 Å². The molecular weight excluding hydrogens is 320 g/mol. The molecule has 2 N–H and O–H groups in total. The number of nitrogens with one attached hydrogen (secondary N) is 1. The van der Waals surface area contributed by atoms with Crippen molar-refractivity contribution in [1.29, 1.82) is 0 Å². The Kier molecular flexibility index (Phi) is 4.44. The summed E-state index contributed by atoms with van der Waals surface area (Å²) in [6.07, 6.45) is 4.46. The van der Waals surface area contributed by atoms with Crippen LogP contribution in [0.25, 0.3) is 0 Å². The fourth-order valence-corrected chi connectivity index (χ4v) is 3.41. The number of nitrogens with zero attached hydrogens (tertiary/aromatic N) is 1. The minimum Gasteiger partial charge on any atom is -0.481 e. The summed E-state index contributed by atoms with van der Waals surface area (Å²) in [5, 5.41) is 12.3. The number of rotatable bonds is 6. The van der Waals surface area contributed by atoms with Crippen molar-refractivity contribution in [1.82, 2.24) is 4.98 Å². The predicted molar refractivity (Wildman–Crippen MR) is 91.5 cm³/mol. The van der Waals surface area contributed by atoms with Crippen molar-refractivity contribution in [2.45, 2.75) is 37.6 Å². The number of carboxylic acid groups (broad SMARTS) is 1. The molecule has 1 aromatic heterocycles. The number of oxazole rings is 1.